The minimum absolute atomic E-state index is 0.0540. The van der Waals surface area contributed by atoms with E-state index in [0.717, 1.165) is 6.07 Å². The van der Waals surface area contributed by atoms with Crippen molar-refractivity contribution in [1.82, 2.24) is 5.16 Å². The lowest BCUT2D eigenvalue weighted by atomic mass is 10.1. The third-order valence-corrected chi connectivity index (χ3v) is 2.37. The zero-order chi connectivity index (χ0) is 13.4. The summed E-state index contributed by atoms with van der Waals surface area (Å²) in [4.78, 5) is 10.9. The van der Waals surface area contributed by atoms with Crippen LogP contribution in [-0.4, -0.2) is 16.2 Å². The molecule has 7 heteroatoms. The molecule has 0 radical (unpaired) electrons. The van der Waals surface area contributed by atoms with Crippen molar-refractivity contribution in [2.45, 2.75) is 6.92 Å². The molecular formula is C11H6F3NO3. The number of nitrogens with zero attached hydrogens (tertiary/aromatic N) is 1. The summed E-state index contributed by atoms with van der Waals surface area (Å²) in [6.07, 6.45) is 0. The summed E-state index contributed by atoms with van der Waals surface area (Å²) in [6, 6.07) is 1.58. The molecule has 1 aromatic heterocycles. The molecule has 1 heterocycles. The van der Waals surface area contributed by atoms with Gasteiger partial charge < -0.3 is 9.63 Å². The quantitative estimate of drug-likeness (QED) is 0.840. The number of carboxylic acid groups (broad SMARTS) is 1. The average Bonchev–Trinajstić information content (AvgIpc) is 2.68. The molecule has 2 aromatic rings. The zero-order valence-electron chi connectivity index (χ0n) is 9.00. The molecule has 1 N–H and O–H groups in total. The SMILES string of the molecule is Cc1onc(-c2ccc(F)c(F)c2F)c1C(=O)O. The Bertz CT molecular complexity index is 637. The van der Waals surface area contributed by atoms with E-state index in [0.29, 0.717) is 6.07 Å². The van der Waals surface area contributed by atoms with Gasteiger partial charge in [0, 0.05) is 5.56 Å². The van der Waals surface area contributed by atoms with E-state index < -0.39 is 29.0 Å². The van der Waals surface area contributed by atoms with Gasteiger partial charge in [0.25, 0.3) is 0 Å². The summed E-state index contributed by atoms with van der Waals surface area (Å²) in [5.74, 6) is -6.02. The van der Waals surface area contributed by atoms with Crippen molar-refractivity contribution in [2.24, 2.45) is 0 Å². The Labute approximate surface area is 98.6 Å². The lowest BCUT2D eigenvalue weighted by molar-refractivity contribution is 0.0695. The molecule has 0 aliphatic rings. The van der Waals surface area contributed by atoms with Crippen molar-refractivity contribution >= 4 is 5.97 Å². The molecule has 1 aromatic carbocycles. The summed E-state index contributed by atoms with van der Waals surface area (Å²) in [6.45, 7) is 1.32. The second-order valence-corrected chi connectivity index (χ2v) is 3.49. The van der Waals surface area contributed by atoms with E-state index in [2.05, 4.69) is 9.68 Å². The maximum Gasteiger partial charge on any atom is 0.341 e. The van der Waals surface area contributed by atoms with E-state index in [4.69, 9.17) is 5.11 Å². The summed E-state index contributed by atoms with van der Waals surface area (Å²) < 4.78 is 44.0. The molecule has 0 spiro atoms. The van der Waals surface area contributed by atoms with Crippen LogP contribution in [0.5, 0.6) is 0 Å². The van der Waals surface area contributed by atoms with Gasteiger partial charge in [-0.05, 0) is 19.1 Å². The molecule has 0 aliphatic carbocycles. The van der Waals surface area contributed by atoms with Gasteiger partial charge in [-0.25, -0.2) is 18.0 Å². The van der Waals surface area contributed by atoms with Crippen LogP contribution in [-0.2, 0) is 0 Å². The molecular weight excluding hydrogens is 251 g/mol. The highest BCUT2D eigenvalue weighted by Crippen LogP contribution is 2.29. The van der Waals surface area contributed by atoms with Gasteiger partial charge in [0.1, 0.15) is 17.0 Å². The van der Waals surface area contributed by atoms with E-state index in [9.17, 15) is 18.0 Å². The fraction of sp³-hybridized carbons (Fsp3) is 0.0909. The van der Waals surface area contributed by atoms with Crippen LogP contribution in [0, 0.1) is 24.4 Å². The lowest BCUT2D eigenvalue weighted by Crippen LogP contribution is -2.01. The Morgan fingerprint density at radius 3 is 2.56 bits per heavy atom. The predicted molar refractivity (Wildman–Crippen MR) is 53.5 cm³/mol. The number of hydrogen-bond acceptors (Lipinski definition) is 3. The number of benzene rings is 1. The first-order valence-corrected chi connectivity index (χ1v) is 4.77. The van der Waals surface area contributed by atoms with Gasteiger partial charge in [-0.3, -0.25) is 0 Å². The molecule has 4 nitrogen and oxygen atoms in total. The van der Waals surface area contributed by atoms with Crippen LogP contribution in [0.3, 0.4) is 0 Å². The third-order valence-electron chi connectivity index (χ3n) is 2.37. The van der Waals surface area contributed by atoms with Gasteiger partial charge in [0.05, 0.1) is 0 Å². The van der Waals surface area contributed by atoms with Crippen LogP contribution in [0.25, 0.3) is 11.3 Å². The van der Waals surface area contributed by atoms with E-state index >= 15 is 0 Å². The van der Waals surface area contributed by atoms with E-state index in [-0.39, 0.29) is 17.0 Å². The van der Waals surface area contributed by atoms with E-state index in [1.807, 2.05) is 0 Å². The van der Waals surface area contributed by atoms with Crippen molar-refractivity contribution < 1.29 is 27.6 Å². The number of carbonyl (C=O) groups is 1. The van der Waals surface area contributed by atoms with Crippen molar-refractivity contribution in [1.29, 1.82) is 0 Å². The molecule has 18 heavy (non-hydrogen) atoms. The Balaban J connectivity index is 2.71. The fourth-order valence-electron chi connectivity index (χ4n) is 1.52. The van der Waals surface area contributed by atoms with Gasteiger partial charge >= 0.3 is 5.97 Å². The molecule has 0 fully saturated rings. The summed E-state index contributed by atoms with van der Waals surface area (Å²) in [7, 11) is 0. The van der Waals surface area contributed by atoms with Crippen LogP contribution in [0.2, 0.25) is 0 Å². The van der Waals surface area contributed by atoms with Crippen molar-refractivity contribution in [3.05, 3.63) is 40.9 Å². The molecule has 0 aliphatic heterocycles. The molecule has 94 valence electrons. The number of aromatic carboxylic acids is 1. The second kappa shape index (κ2) is 4.17. The topological polar surface area (TPSA) is 63.3 Å². The van der Waals surface area contributed by atoms with Crippen molar-refractivity contribution in [3.8, 4) is 11.3 Å². The first-order chi connectivity index (χ1) is 8.43. The molecule has 0 unspecified atom stereocenters. The van der Waals surface area contributed by atoms with Crippen molar-refractivity contribution in [3.63, 3.8) is 0 Å². The zero-order valence-corrected chi connectivity index (χ0v) is 9.00. The Hall–Kier alpha value is -2.31. The molecule has 0 bridgehead atoms. The van der Waals surface area contributed by atoms with Crippen LogP contribution in [0.15, 0.2) is 16.7 Å². The summed E-state index contributed by atoms with van der Waals surface area (Å²) in [5.41, 5.74) is -1.24. The molecule has 2 rings (SSSR count). The monoisotopic (exact) mass is 257 g/mol. The number of hydrogen-bond donors (Lipinski definition) is 1. The van der Waals surface area contributed by atoms with Gasteiger partial charge in [-0.1, -0.05) is 5.16 Å². The van der Waals surface area contributed by atoms with E-state index in [1.54, 1.807) is 0 Å². The minimum Gasteiger partial charge on any atom is -0.477 e. The highest BCUT2D eigenvalue weighted by atomic mass is 19.2. The Morgan fingerprint density at radius 1 is 1.28 bits per heavy atom. The van der Waals surface area contributed by atoms with Gasteiger partial charge in [-0.15, -0.1) is 0 Å². The van der Waals surface area contributed by atoms with Gasteiger partial charge in [-0.2, -0.15) is 0 Å². The summed E-state index contributed by atoms with van der Waals surface area (Å²) in [5, 5.41) is 12.3. The van der Waals surface area contributed by atoms with Crippen LogP contribution in [0.1, 0.15) is 16.1 Å². The van der Waals surface area contributed by atoms with Gasteiger partial charge in [0.2, 0.25) is 0 Å². The largest absolute Gasteiger partial charge is 0.477 e. The number of aryl methyl sites for hydroxylation is 1. The Kier molecular flexibility index (Phi) is 2.82. The number of halogens is 3. The third kappa shape index (κ3) is 1.73. The number of aromatic nitrogens is 1. The predicted octanol–water partition coefficient (Wildman–Crippen LogP) is 2.77. The number of carboxylic acids is 1. The highest BCUT2D eigenvalue weighted by Gasteiger charge is 2.25. The van der Waals surface area contributed by atoms with Crippen LogP contribution in [0.4, 0.5) is 13.2 Å². The van der Waals surface area contributed by atoms with Crippen LogP contribution < -0.4 is 0 Å². The highest BCUT2D eigenvalue weighted by molar-refractivity contribution is 5.95. The molecule has 0 atom stereocenters. The minimum atomic E-state index is -1.69. The molecule has 0 saturated carbocycles. The smallest absolute Gasteiger partial charge is 0.341 e. The van der Waals surface area contributed by atoms with Crippen LogP contribution >= 0.6 is 0 Å². The second-order valence-electron chi connectivity index (χ2n) is 3.49. The average molecular weight is 257 g/mol. The molecule has 0 amide bonds. The Morgan fingerprint density at radius 2 is 1.94 bits per heavy atom. The first-order valence-electron chi connectivity index (χ1n) is 4.77. The standard InChI is InChI=1S/C11H6F3NO3/c1-4-7(11(16)17)10(15-18-4)5-2-3-6(12)9(14)8(5)13/h2-3H,1H3,(H,16,17). The fourth-order valence-corrected chi connectivity index (χ4v) is 1.52. The maximum atomic E-state index is 13.5. The number of rotatable bonds is 2. The maximum absolute atomic E-state index is 13.5. The first kappa shape index (κ1) is 12.2. The van der Waals surface area contributed by atoms with Crippen molar-refractivity contribution in [2.75, 3.05) is 0 Å². The lowest BCUT2D eigenvalue weighted by Gasteiger charge is -2.02. The normalized spacial score (nSPS) is 10.7. The molecule has 0 saturated heterocycles. The van der Waals surface area contributed by atoms with E-state index in [1.165, 1.54) is 6.92 Å². The van der Waals surface area contributed by atoms with Gasteiger partial charge in [0.15, 0.2) is 17.5 Å². The summed E-state index contributed by atoms with van der Waals surface area (Å²) >= 11 is 0.